The van der Waals surface area contributed by atoms with Crippen molar-refractivity contribution in [2.75, 3.05) is 25.4 Å². The van der Waals surface area contributed by atoms with Crippen LogP contribution in [0.25, 0.3) is 0 Å². The number of halogens is 4. The van der Waals surface area contributed by atoms with E-state index >= 15 is 0 Å². The molecule has 17 heteroatoms. The van der Waals surface area contributed by atoms with Gasteiger partial charge in [-0.05, 0) is 59.7 Å². The van der Waals surface area contributed by atoms with Gasteiger partial charge < -0.3 is 25.8 Å². The second-order valence-corrected chi connectivity index (χ2v) is 15.9. The van der Waals surface area contributed by atoms with Crippen LogP contribution >= 0.6 is 11.6 Å². The SMILES string of the molecule is CC(C)CN(C[C@@H](O)[C@H](Cc1ccccc1)NC(=O)C(C(C)C)N1CC(=O)N(Cc2ccc(OC(F)(F)F)cc2)C1=O)S(=O)(=O)c1ccc(Cl)c(N)c1. The Labute approximate surface area is 311 Å². The summed E-state index contributed by atoms with van der Waals surface area (Å²) >= 11 is 6.03. The molecule has 0 aromatic heterocycles. The van der Waals surface area contributed by atoms with Gasteiger partial charge in [-0.3, -0.25) is 14.5 Å². The highest BCUT2D eigenvalue weighted by Gasteiger charge is 2.44. The molecule has 0 saturated carbocycles. The first kappa shape index (κ1) is 41.4. The molecule has 1 aliphatic rings. The number of alkyl halides is 3. The molecule has 3 aromatic carbocycles. The van der Waals surface area contributed by atoms with Crippen LogP contribution in [0.5, 0.6) is 5.75 Å². The number of nitrogen functional groups attached to an aromatic ring is 1. The van der Waals surface area contributed by atoms with Gasteiger partial charge in [0.05, 0.1) is 34.3 Å². The molecule has 288 valence electrons. The third-order valence-corrected chi connectivity index (χ3v) is 10.6. The summed E-state index contributed by atoms with van der Waals surface area (Å²) in [7, 11) is -4.20. The summed E-state index contributed by atoms with van der Waals surface area (Å²) in [6.45, 7) is 5.91. The van der Waals surface area contributed by atoms with E-state index in [1.807, 2.05) is 13.8 Å². The average molecular weight is 782 g/mol. The van der Waals surface area contributed by atoms with E-state index in [1.54, 1.807) is 44.2 Å². The number of carbonyl (C=O) groups is 3. The first-order chi connectivity index (χ1) is 24.8. The molecule has 53 heavy (non-hydrogen) atoms. The van der Waals surface area contributed by atoms with Gasteiger partial charge in [-0.15, -0.1) is 13.2 Å². The number of hydrogen-bond acceptors (Lipinski definition) is 8. The predicted octanol–water partition coefficient (Wildman–Crippen LogP) is 5.04. The van der Waals surface area contributed by atoms with Crippen LogP contribution in [0.15, 0.2) is 77.7 Å². The zero-order valence-electron chi connectivity index (χ0n) is 29.6. The Morgan fingerprint density at radius 1 is 1.00 bits per heavy atom. The highest BCUT2D eigenvalue weighted by atomic mass is 35.5. The summed E-state index contributed by atoms with van der Waals surface area (Å²) in [5, 5.41) is 14.7. The maximum Gasteiger partial charge on any atom is 0.573 e. The molecule has 1 saturated heterocycles. The minimum Gasteiger partial charge on any atom is -0.406 e. The van der Waals surface area contributed by atoms with Crippen LogP contribution in [0, 0.1) is 11.8 Å². The van der Waals surface area contributed by atoms with E-state index in [0.717, 1.165) is 31.8 Å². The minimum absolute atomic E-state index is 0.0286. The number of carbonyl (C=O) groups excluding carboxylic acids is 3. The molecule has 0 radical (unpaired) electrons. The predicted molar refractivity (Wildman–Crippen MR) is 192 cm³/mol. The number of ether oxygens (including phenoxy) is 1. The minimum atomic E-state index is -4.89. The van der Waals surface area contributed by atoms with Crippen molar-refractivity contribution in [3.63, 3.8) is 0 Å². The van der Waals surface area contributed by atoms with E-state index in [4.69, 9.17) is 17.3 Å². The lowest BCUT2D eigenvalue weighted by atomic mass is 9.97. The first-order valence-electron chi connectivity index (χ1n) is 16.8. The fourth-order valence-corrected chi connectivity index (χ4v) is 7.76. The van der Waals surface area contributed by atoms with Crippen molar-refractivity contribution in [2.45, 2.75) is 70.1 Å². The van der Waals surface area contributed by atoms with Crippen LogP contribution in [0.4, 0.5) is 23.7 Å². The van der Waals surface area contributed by atoms with E-state index < -0.39 is 77.2 Å². The number of rotatable bonds is 16. The average Bonchev–Trinajstić information content (AvgIpc) is 3.33. The molecule has 3 atom stereocenters. The van der Waals surface area contributed by atoms with E-state index in [-0.39, 0.29) is 41.0 Å². The molecule has 3 aromatic rings. The summed E-state index contributed by atoms with van der Waals surface area (Å²) in [5.74, 6) is -2.44. The molecule has 1 unspecified atom stereocenters. The fraction of sp³-hybridized carbons (Fsp3) is 0.417. The molecule has 1 heterocycles. The monoisotopic (exact) mass is 781 g/mol. The Morgan fingerprint density at radius 3 is 2.21 bits per heavy atom. The lowest BCUT2D eigenvalue weighted by Gasteiger charge is -2.34. The van der Waals surface area contributed by atoms with Crippen LogP contribution in [-0.4, -0.2) is 89.7 Å². The Hall–Kier alpha value is -4.38. The topological polar surface area (TPSA) is 163 Å². The maximum absolute atomic E-state index is 14.1. The lowest BCUT2D eigenvalue weighted by Crippen LogP contribution is -2.57. The number of nitrogens with zero attached hydrogens (tertiary/aromatic N) is 3. The molecule has 4 amide bonds. The first-order valence-corrected chi connectivity index (χ1v) is 18.6. The standard InChI is InChI=1S/C36H43ClF3N5O7S/c1-22(2)18-43(53(50,51)27-14-15-28(37)29(41)17-27)20-31(46)30(16-24-8-6-5-7-9-24)42-34(48)33(23(3)4)45-21-32(47)44(35(45)49)19-25-10-12-26(13-11-25)52-36(38,39)40/h5-15,17,22-23,30-31,33,46H,16,18-21,41H2,1-4H3,(H,42,48)/t30-,31+,33?/m0/s1. The van der Waals surface area contributed by atoms with E-state index in [9.17, 15) is 41.1 Å². The van der Waals surface area contributed by atoms with Gasteiger partial charge in [-0.2, -0.15) is 4.31 Å². The van der Waals surface area contributed by atoms with E-state index in [0.29, 0.717) is 5.56 Å². The van der Waals surface area contributed by atoms with Gasteiger partial charge in [0.25, 0.3) is 5.91 Å². The number of sulfonamides is 1. The fourth-order valence-electron chi connectivity index (χ4n) is 5.98. The van der Waals surface area contributed by atoms with Crippen molar-refractivity contribution in [2.24, 2.45) is 11.8 Å². The lowest BCUT2D eigenvalue weighted by molar-refractivity contribution is -0.274. The number of nitrogens with one attached hydrogen (secondary N) is 1. The van der Waals surface area contributed by atoms with Crippen LogP contribution in [0.1, 0.15) is 38.8 Å². The number of urea groups is 1. The largest absolute Gasteiger partial charge is 0.573 e. The highest BCUT2D eigenvalue weighted by molar-refractivity contribution is 7.89. The summed E-state index contributed by atoms with van der Waals surface area (Å²) in [6.07, 6.45) is -6.24. The molecular formula is C36H43ClF3N5O7S. The number of nitrogens with two attached hydrogens (primary N) is 1. The van der Waals surface area contributed by atoms with Crippen LogP contribution < -0.4 is 15.8 Å². The number of aliphatic hydroxyl groups excluding tert-OH is 1. The number of amides is 4. The summed E-state index contributed by atoms with van der Waals surface area (Å²) in [4.78, 5) is 42.7. The highest BCUT2D eigenvalue weighted by Crippen LogP contribution is 2.27. The molecule has 4 rings (SSSR count). The zero-order valence-corrected chi connectivity index (χ0v) is 31.2. The summed E-state index contributed by atoms with van der Waals surface area (Å²) in [6, 6.07) is 14.5. The number of hydrogen-bond donors (Lipinski definition) is 3. The molecule has 0 spiro atoms. The van der Waals surface area contributed by atoms with E-state index in [2.05, 4.69) is 10.1 Å². The second kappa shape index (κ2) is 17.2. The van der Waals surface area contributed by atoms with Crippen molar-refractivity contribution in [1.82, 2.24) is 19.4 Å². The number of imide groups is 1. The third kappa shape index (κ3) is 10.8. The van der Waals surface area contributed by atoms with Gasteiger partial charge in [0.2, 0.25) is 15.9 Å². The van der Waals surface area contributed by atoms with Gasteiger partial charge in [0.1, 0.15) is 18.3 Å². The van der Waals surface area contributed by atoms with Crippen LogP contribution in [0.2, 0.25) is 5.02 Å². The van der Waals surface area contributed by atoms with Crippen molar-refractivity contribution >= 4 is 45.2 Å². The van der Waals surface area contributed by atoms with Crippen molar-refractivity contribution in [3.8, 4) is 5.75 Å². The normalized spacial score (nSPS) is 15.7. The second-order valence-electron chi connectivity index (χ2n) is 13.5. The Morgan fingerprint density at radius 2 is 1.64 bits per heavy atom. The molecular weight excluding hydrogens is 739 g/mol. The van der Waals surface area contributed by atoms with Crippen LogP contribution in [0.3, 0.4) is 0 Å². The third-order valence-electron chi connectivity index (χ3n) is 8.47. The zero-order chi connectivity index (χ0) is 39.2. The molecule has 0 aliphatic carbocycles. The number of anilines is 1. The summed E-state index contributed by atoms with van der Waals surface area (Å²) < 4.78 is 70.4. The quantitative estimate of drug-likeness (QED) is 0.135. The van der Waals surface area contributed by atoms with Gasteiger partial charge >= 0.3 is 12.4 Å². The maximum atomic E-state index is 14.1. The Balaban J connectivity index is 1.57. The molecule has 1 fully saturated rings. The molecule has 1 aliphatic heterocycles. The van der Waals surface area contributed by atoms with Crippen molar-refractivity contribution in [1.29, 1.82) is 0 Å². The van der Waals surface area contributed by atoms with Crippen molar-refractivity contribution in [3.05, 3.63) is 88.9 Å². The van der Waals surface area contributed by atoms with Gasteiger partial charge in [0, 0.05) is 13.1 Å². The Kier molecular flexibility index (Phi) is 13.4. The van der Waals surface area contributed by atoms with Gasteiger partial charge in [0.15, 0.2) is 0 Å². The molecule has 4 N–H and O–H groups in total. The van der Waals surface area contributed by atoms with Crippen molar-refractivity contribution < 1.29 is 45.8 Å². The van der Waals surface area contributed by atoms with Gasteiger partial charge in [-0.1, -0.05) is 81.8 Å². The van der Waals surface area contributed by atoms with E-state index in [1.165, 1.54) is 30.3 Å². The number of benzene rings is 3. The smallest absolute Gasteiger partial charge is 0.406 e. The van der Waals surface area contributed by atoms with Crippen LogP contribution in [-0.2, 0) is 32.6 Å². The number of aliphatic hydroxyl groups is 1. The molecule has 0 bridgehead atoms. The Bertz CT molecular complexity index is 1870. The summed E-state index contributed by atoms with van der Waals surface area (Å²) in [5.41, 5.74) is 7.04. The molecule has 12 nitrogen and oxygen atoms in total. The van der Waals surface area contributed by atoms with Gasteiger partial charge in [-0.25, -0.2) is 13.2 Å².